The van der Waals surface area contributed by atoms with Crippen LogP contribution < -0.4 is 5.32 Å². The topological polar surface area (TPSA) is 228 Å². The van der Waals surface area contributed by atoms with Gasteiger partial charge in [-0.2, -0.15) is 0 Å². The Kier molecular flexibility index (Phi) is 40.2. The van der Waals surface area contributed by atoms with E-state index in [2.05, 4.69) is 19.2 Å². The summed E-state index contributed by atoms with van der Waals surface area (Å²) in [4.78, 5) is 12.9. The van der Waals surface area contributed by atoms with Crippen LogP contribution >= 0.6 is 0 Å². The standard InChI is InChI=1S/C56H109NO13/c1-3-5-7-9-10-11-12-13-14-15-16-17-18-19-20-21-22-23-24-25-26-27-28-29-30-31-32-33-34-35-36-37-39-45(60)44(57-48(61)40-38-8-6-4-2)43-67-55-53(66)51(64)54(47(42-59)69-55)70-56-52(65)50(63)49(62)46(41-58)68-56/h44-47,49-56,58-60,62-66H,3-43H2,1-2H3,(H,57,61). The highest BCUT2D eigenvalue weighted by Crippen LogP contribution is 2.30. The van der Waals surface area contributed by atoms with Crippen molar-refractivity contribution >= 4 is 5.91 Å². The predicted octanol–water partition coefficient (Wildman–Crippen LogP) is 9.34. The van der Waals surface area contributed by atoms with Crippen LogP contribution in [0, 0.1) is 0 Å². The second-order valence-electron chi connectivity index (χ2n) is 21.1. The van der Waals surface area contributed by atoms with Crippen LogP contribution in [-0.2, 0) is 23.7 Å². The molecule has 416 valence electrons. The third-order valence-corrected chi connectivity index (χ3v) is 14.8. The largest absolute Gasteiger partial charge is 0.394 e. The van der Waals surface area contributed by atoms with Crippen molar-refractivity contribution < 1.29 is 64.6 Å². The fourth-order valence-electron chi connectivity index (χ4n) is 10.1. The summed E-state index contributed by atoms with van der Waals surface area (Å²) < 4.78 is 22.6. The van der Waals surface area contributed by atoms with Gasteiger partial charge in [-0.25, -0.2) is 0 Å². The molecule has 0 saturated carbocycles. The number of ether oxygens (including phenoxy) is 4. The molecule has 1 amide bonds. The first-order chi connectivity index (χ1) is 34.1. The Labute approximate surface area is 425 Å². The van der Waals surface area contributed by atoms with Crippen LogP contribution in [0.15, 0.2) is 0 Å². The highest BCUT2D eigenvalue weighted by atomic mass is 16.7. The van der Waals surface area contributed by atoms with Crippen LogP contribution in [0.2, 0.25) is 0 Å². The summed E-state index contributed by atoms with van der Waals surface area (Å²) in [7, 11) is 0. The lowest BCUT2D eigenvalue weighted by Gasteiger charge is -2.46. The van der Waals surface area contributed by atoms with E-state index in [1.165, 1.54) is 180 Å². The van der Waals surface area contributed by atoms with Gasteiger partial charge in [0.2, 0.25) is 5.91 Å². The van der Waals surface area contributed by atoms with E-state index >= 15 is 0 Å². The normalized spacial score (nSPS) is 25.9. The third kappa shape index (κ3) is 29.2. The molecule has 0 spiro atoms. The van der Waals surface area contributed by atoms with Crippen molar-refractivity contribution in [2.24, 2.45) is 0 Å². The van der Waals surface area contributed by atoms with Gasteiger partial charge < -0.3 is 65.1 Å². The second-order valence-corrected chi connectivity index (χ2v) is 21.1. The summed E-state index contributed by atoms with van der Waals surface area (Å²) in [5, 5.41) is 86.5. The third-order valence-electron chi connectivity index (χ3n) is 14.8. The molecule has 2 aliphatic rings. The lowest BCUT2D eigenvalue weighted by Crippen LogP contribution is -2.65. The minimum absolute atomic E-state index is 0.221. The number of aliphatic hydroxyl groups excluding tert-OH is 8. The molecule has 9 N–H and O–H groups in total. The van der Waals surface area contributed by atoms with Crippen molar-refractivity contribution in [1.29, 1.82) is 0 Å². The van der Waals surface area contributed by atoms with E-state index < -0.39 is 86.8 Å². The van der Waals surface area contributed by atoms with Crippen molar-refractivity contribution in [3.63, 3.8) is 0 Å². The average molecular weight is 1000 g/mol. The van der Waals surface area contributed by atoms with Crippen LogP contribution in [-0.4, -0.2) is 140 Å². The zero-order chi connectivity index (χ0) is 51.0. The van der Waals surface area contributed by atoms with E-state index in [1.807, 2.05) is 0 Å². The van der Waals surface area contributed by atoms with Crippen LogP contribution in [0.3, 0.4) is 0 Å². The molecule has 2 aliphatic heterocycles. The zero-order valence-corrected chi connectivity index (χ0v) is 44.5. The van der Waals surface area contributed by atoms with Gasteiger partial charge in [0.05, 0.1) is 32.0 Å². The van der Waals surface area contributed by atoms with E-state index in [4.69, 9.17) is 18.9 Å². The highest BCUT2D eigenvalue weighted by molar-refractivity contribution is 5.76. The Morgan fingerprint density at radius 3 is 1.21 bits per heavy atom. The summed E-state index contributed by atoms with van der Waals surface area (Å²) in [6.07, 6.45) is 30.9. The van der Waals surface area contributed by atoms with Crippen molar-refractivity contribution in [2.45, 2.75) is 331 Å². The molecule has 0 aromatic rings. The van der Waals surface area contributed by atoms with Gasteiger partial charge in [-0.05, 0) is 12.8 Å². The summed E-state index contributed by atoms with van der Waals surface area (Å²) in [6.45, 7) is 2.75. The van der Waals surface area contributed by atoms with Crippen LogP contribution in [0.25, 0.3) is 0 Å². The maximum Gasteiger partial charge on any atom is 0.220 e. The minimum Gasteiger partial charge on any atom is -0.394 e. The number of unbranched alkanes of at least 4 members (excludes halogenated alkanes) is 34. The average Bonchev–Trinajstić information content (AvgIpc) is 3.36. The molecule has 2 saturated heterocycles. The van der Waals surface area contributed by atoms with Crippen LogP contribution in [0.5, 0.6) is 0 Å². The van der Waals surface area contributed by atoms with Gasteiger partial charge in [0.1, 0.15) is 48.8 Å². The lowest BCUT2D eigenvalue weighted by atomic mass is 9.97. The molecule has 70 heavy (non-hydrogen) atoms. The van der Waals surface area contributed by atoms with E-state index in [9.17, 15) is 45.6 Å². The van der Waals surface area contributed by atoms with Crippen molar-refractivity contribution in [3.05, 3.63) is 0 Å². The van der Waals surface area contributed by atoms with Gasteiger partial charge in [0.15, 0.2) is 12.6 Å². The van der Waals surface area contributed by atoms with E-state index in [-0.39, 0.29) is 12.5 Å². The minimum atomic E-state index is -1.78. The number of carbonyl (C=O) groups excluding carboxylic acids is 1. The molecule has 0 aromatic heterocycles. The number of hydrogen-bond donors (Lipinski definition) is 9. The van der Waals surface area contributed by atoms with Gasteiger partial charge in [-0.15, -0.1) is 0 Å². The molecule has 12 unspecified atom stereocenters. The first-order valence-electron chi connectivity index (χ1n) is 29.3. The molecule has 0 aliphatic carbocycles. The molecule has 14 nitrogen and oxygen atoms in total. The number of nitrogens with one attached hydrogen (secondary N) is 1. The summed E-state index contributed by atoms with van der Waals surface area (Å²) >= 11 is 0. The second kappa shape index (κ2) is 43.3. The summed E-state index contributed by atoms with van der Waals surface area (Å²) in [5.41, 5.74) is 0. The summed E-state index contributed by atoms with van der Waals surface area (Å²) in [5.74, 6) is -0.221. The Bertz CT molecular complexity index is 1180. The first kappa shape index (κ1) is 65.1. The smallest absolute Gasteiger partial charge is 0.220 e. The van der Waals surface area contributed by atoms with Gasteiger partial charge in [0, 0.05) is 6.42 Å². The van der Waals surface area contributed by atoms with Gasteiger partial charge in [0.25, 0.3) is 0 Å². The van der Waals surface area contributed by atoms with E-state index in [1.54, 1.807) is 0 Å². The number of amides is 1. The monoisotopic (exact) mass is 1000 g/mol. The molecule has 0 radical (unpaired) electrons. The Morgan fingerprint density at radius 2 is 0.814 bits per heavy atom. The fraction of sp³-hybridized carbons (Fsp3) is 0.982. The van der Waals surface area contributed by atoms with Crippen molar-refractivity contribution in [1.82, 2.24) is 5.32 Å². The number of hydrogen-bond acceptors (Lipinski definition) is 13. The molecular weight excluding hydrogens is 895 g/mol. The summed E-state index contributed by atoms with van der Waals surface area (Å²) in [6, 6.07) is -0.819. The quantitative estimate of drug-likeness (QED) is 0.0259. The van der Waals surface area contributed by atoms with Gasteiger partial charge >= 0.3 is 0 Å². The molecule has 0 aromatic carbocycles. The molecule has 0 bridgehead atoms. The Morgan fingerprint density at radius 1 is 0.457 bits per heavy atom. The van der Waals surface area contributed by atoms with Gasteiger partial charge in [-0.3, -0.25) is 4.79 Å². The Balaban J connectivity index is 1.53. The Hall–Kier alpha value is -1.01. The first-order valence-corrected chi connectivity index (χ1v) is 29.3. The number of carbonyl (C=O) groups is 1. The highest BCUT2D eigenvalue weighted by Gasteiger charge is 2.51. The van der Waals surface area contributed by atoms with E-state index in [0.717, 1.165) is 44.9 Å². The maximum absolute atomic E-state index is 12.9. The number of aliphatic hydroxyl groups is 8. The maximum atomic E-state index is 12.9. The molecule has 14 heteroatoms. The SMILES string of the molecule is CCCCCCCCCCCCCCCCCCCCCCCCCCCCCCCCCCC(O)C(COC1OC(CO)C(OC2OC(CO)C(O)C(O)C2O)C(O)C1O)NC(=O)CCCCCC. The van der Waals surface area contributed by atoms with Gasteiger partial charge in [-0.1, -0.05) is 239 Å². The zero-order valence-electron chi connectivity index (χ0n) is 44.5. The molecule has 2 rings (SSSR count). The van der Waals surface area contributed by atoms with Crippen LogP contribution in [0.1, 0.15) is 258 Å². The van der Waals surface area contributed by atoms with E-state index in [0.29, 0.717) is 19.3 Å². The van der Waals surface area contributed by atoms with Crippen LogP contribution in [0.4, 0.5) is 0 Å². The predicted molar refractivity (Wildman–Crippen MR) is 277 cm³/mol. The molecule has 2 heterocycles. The molecule has 2 fully saturated rings. The number of rotatable bonds is 47. The molecular formula is C56H109NO13. The lowest BCUT2D eigenvalue weighted by molar-refractivity contribution is -0.359. The van der Waals surface area contributed by atoms with Crippen molar-refractivity contribution in [3.8, 4) is 0 Å². The fourth-order valence-corrected chi connectivity index (χ4v) is 10.1. The van der Waals surface area contributed by atoms with Crippen molar-refractivity contribution in [2.75, 3.05) is 19.8 Å². The molecule has 12 atom stereocenters.